The van der Waals surface area contributed by atoms with Gasteiger partial charge in [-0.25, -0.2) is 9.37 Å². The van der Waals surface area contributed by atoms with Crippen LogP contribution < -0.4 is 5.56 Å². The fraction of sp³-hybridized carbons (Fsp3) is 0.286. The minimum absolute atomic E-state index is 0.155. The lowest BCUT2D eigenvalue weighted by molar-refractivity contribution is 0.196. The van der Waals surface area contributed by atoms with Crippen LogP contribution in [0.3, 0.4) is 0 Å². The fourth-order valence-electron chi connectivity index (χ4n) is 3.64. The molecule has 0 unspecified atom stereocenters. The molecule has 0 aliphatic carbocycles. The van der Waals surface area contributed by atoms with Gasteiger partial charge in [-0.3, -0.25) is 14.7 Å². The van der Waals surface area contributed by atoms with Crippen molar-refractivity contribution in [3.05, 3.63) is 82.3 Å². The Morgan fingerprint density at radius 3 is 2.81 bits per heavy atom. The lowest BCUT2D eigenvalue weighted by atomic mass is 9.94. The zero-order chi connectivity index (χ0) is 18.6. The quantitative estimate of drug-likeness (QED) is 0.771. The van der Waals surface area contributed by atoms with Gasteiger partial charge in [-0.05, 0) is 37.6 Å². The topological polar surface area (TPSA) is 61.9 Å². The molecule has 5 nitrogen and oxygen atoms in total. The molecule has 0 bridgehead atoms. The normalized spacial score (nSPS) is 17.7. The van der Waals surface area contributed by atoms with Crippen LogP contribution in [0, 0.1) is 5.82 Å². The molecular weight excluding hydrogens is 343 g/mol. The molecule has 1 aliphatic heterocycles. The standard InChI is InChI=1S/C21H21FN4O/c22-18-6-2-1-4-16(18)13-26-11-3-5-17(14-26)19-12-20(27)25-21(24-19)15-7-9-23-10-8-15/h1-2,4,6-10,12,17H,3,5,11,13-14H2,(H,24,25,27)/t17-/m1/s1. The van der Waals surface area contributed by atoms with Crippen LogP contribution in [0.25, 0.3) is 11.4 Å². The van der Waals surface area contributed by atoms with Crippen LogP contribution >= 0.6 is 0 Å². The first-order valence-corrected chi connectivity index (χ1v) is 9.16. The molecule has 0 amide bonds. The highest BCUT2D eigenvalue weighted by molar-refractivity contribution is 5.53. The molecule has 1 aliphatic rings. The maximum atomic E-state index is 14.0. The van der Waals surface area contributed by atoms with E-state index in [0.717, 1.165) is 37.2 Å². The third kappa shape index (κ3) is 4.11. The van der Waals surface area contributed by atoms with Crippen LogP contribution in [0.2, 0.25) is 0 Å². The predicted octanol–water partition coefficient (Wildman–Crippen LogP) is 3.35. The fourth-order valence-corrected chi connectivity index (χ4v) is 3.64. The maximum absolute atomic E-state index is 14.0. The Labute approximate surface area is 156 Å². The lowest BCUT2D eigenvalue weighted by Gasteiger charge is -2.32. The highest BCUT2D eigenvalue weighted by Gasteiger charge is 2.24. The molecule has 1 aromatic carbocycles. The molecule has 1 N–H and O–H groups in total. The van der Waals surface area contributed by atoms with Crippen molar-refractivity contribution in [2.75, 3.05) is 13.1 Å². The first kappa shape index (κ1) is 17.5. The molecule has 0 radical (unpaired) electrons. The smallest absolute Gasteiger partial charge is 0.251 e. The van der Waals surface area contributed by atoms with Crippen LogP contribution in [-0.4, -0.2) is 32.9 Å². The van der Waals surface area contributed by atoms with Crippen molar-refractivity contribution in [2.45, 2.75) is 25.3 Å². The van der Waals surface area contributed by atoms with E-state index in [2.05, 4.69) is 14.9 Å². The summed E-state index contributed by atoms with van der Waals surface area (Å²) in [5, 5.41) is 0. The van der Waals surface area contributed by atoms with E-state index in [0.29, 0.717) is 17.9 Å². The zero-order valence-electron chi connectivity index (χ0n) is 14.9. The third-order valence-electron chi connectivity index (χ3n) is 4.99. The molecule has 2 aromatic heterocycles. The van der Waals surface area contributed by atoms with Crippen molar-refractivity contribution in [1.29, 1.82) is 0 Å². The van der Waals surface area contributed by atoms with Gasteiger partial charge in [-0.1, -0.05) is 18.2 Å². The molecule has 3 aromatic rings. The Morgan fingerprint density at radius 1 is 1.19 bits per heavy atom. The highest BCUT2D eigenvalue weighted by Crippen LogP contribution is 2.27. The summed E-state index contributed by atoms with van der Waals surface area (Å²) < 4.78 is 14.0. The van der Waals surface area contributed by atoms with E-state index in [1.165, 1.54) is 6.07 Å². The van der Waals surface area contributed by atoms with Gasteiger partial charge in [-0.2, -0.15) is 0 Å². The van der Waals surface area contributed by atoms with Crippen molar-refractivity contribution in [2.24, 2.45) is 0 Å². The minimum Gasteiger partial charge on any atom is -0.307 e. The number of aromatic nitrogens is 3. The highest BCUT2D eigenvalue weighted by atomic mass is 19.1. The van der Waals surface area contributed by atoms with Gasteiger partial charge in [0.15, 0.2) is 0 Å². The second-order valence-electron chi connectivity index (χ2n) is 6.92. The lowest BCUT2D eigenvalue weighted by Crippen LogP contribution is -2.35. The van der Waals surface area contributed by atoms with Crippen LogP contribution in [0.15, 0.2) is 59.7 Å². The minimum atomic E-state index is -0.172. The Morgan fingerprint density at radius 2 is 2.00 bits per heavy atom. The van der Waals surface area contributed by atoms with E-state index < -0.39 is 0 Å². The molecule has 1 saturated heterocycles. The molecule has 1 atom stereocenters. The average Bonchev–Trinajstić information content (AvgIpc) is 2.70. The first-order chi connectivity index (χ1) is 13.2. The van der Waals surface area contributed by atoms with Crippen molar-refractivity contribution in [1.82, 2.24) is 19.9 Å². The van der Waals surface area contributed by atoms with Gasteiger partial charge in [0.05, 0.1) is 5.69 Å². The maximum Gasteiger partial charge on any atom is 0.251 e. The summed E-state index contributed by atoms with van der Waals surface area (Å²) in [4.78, 5) is 25.9. The van der Waals surface area contributed by atoms with Gasteiger partial charge in [-0.15, -0.1) is 0 Å². The largest absolute Gasteiger partial charge is 0.307 e. The number of nitrogens with one attached hydrogen (secondary N) is 1. The molecule has 138 valence electrons. The first-order valence-electron chi connectivity index (χ1n) is 9.16. The molecule has 3 heterocycles. The number of likely N-dealkylation sites (tertiary alicyclic amines) is 1. The summed E-state index contributed by atoms with van der Waals surface area (Å²) in [7, 11) is 0. The average molecular weight is 364 g/mol. The molecular formula is C21H21FN4O. The second-order valence-corrected chi connectivity index (χ2v) is 6.92. The number of piperidine rings is 1. The molecule has 6 heteroatoms. The SMILES string of the molecule is O=c1cc([C@@H]2CCCN(Cc3ccccc3F)C2)nc(-c2ccncc2)[nH]1. The van der Waals surface area contributed by atoms with Crippen LogP contribution in [-0.2, 0) is 6.54 Å². The van der Waals surface area contributed by atoms with Crippen molar-refractivity contribution < 1.29 is 4.39 Å². The van der Waals surface area contributed by atoms with E-state index in [-0.39, 0.29) is 17.3 Å². The Bertz CT molecular complexity index is 973. The molecule has 0 saturated carbocycles. The number of hydrogen-bond donors (Lipinski definition) is 1. The van der Waals surface area contributed by atoms with Crippen LogP contribution in [0.4, 0.5) is 4.39 Å². The van der Waals surface area contributed by atoms with Gasteiger partial charge in [0, 0.05) is 48.6 Å². The number of benzene rings is 1. The molecule has 27 heavy (non-hydrogen) atoms. The van der Waals surface area contributed by atoms with Crippen LogP contribution in [0.1, 0.15) is 30.0 Å². The number of rotatable bonds is 4. The van der Waals surface area contributed by atoms with Gasteiger partial charge in [0.25, 0.3) is 5.56 Å². The van der Waals surface area contributed by atoms with Gasteiger partial charge in [0.2, 0.25) is 0 Å². The zero-order valence-corrected chi connectivity index (χ0v) is 14.9. The summed E-state index contributed by atoms with van der Waals surface area (Å²) in [6, 6.07) is 12.1. The number of nitrogens with zero attached hydrogens (tertiary/aromatic N) is 3. The van der Waals surface area contributed by atoms with Gasteiger partial charge >= 0.3 is 0 Å². The Kier molecular flexibility index (Phi) is 5.07. The monoisotopic (exact) mass is 364 g/mol. The third-order valence-corrected chi connectivity index (χ3v) is 4.99. The van der Waals surface area contributed by atoms with E-state index in [1.54, 1.807) is 24.5 Å². The van der Waals surface area contributed by atoms with E-state index in [4.69, 9.17) is 4.98 Å². The van der Waals surface area contributed by atoms with Gasteiger partial charge in [0.1, 0.15) is 11.6 Å². The van der Waals surface area contributed by atoms with Crippen molar-refractivity contribution >= 4 is 0 Å². The molecule has 4 rings (SSSR count). The summed E-state index contributed by atoms with van der Waals surface area (Å²) in [6.07, 6.45) is 5.33. The van der Waals surface area contributed by atoms with Crippen LogP contribution in [0.5, 0.6) is 0 Å². The van der Waals surface area contributed by atoms with Crippen molar-refractivity contribution in [3.63, 3.8) is 0 Å². The second kappa shape index (κ2) is 7.80. The molecule has 1 fully saturated rings. The van der Waals surface area contributed by atoms with Gasteiger partial charge < -0.3 is 4.98 Å². The summed E-state index contributed by atoms with van der Waals surface area (Å²) in [5.41, 5.74) is 2.18. The number of halogens is 1. The Balaban J connectivity index is 1.55. The van der Waals surface area contributed by atoms with E-state index in [9.17, 15) is 9.18 Å². The van der Waals surface area contributed by atoms with Crippen molar-refractivity contribution in [3.8, 4) is 11.4 Å². The summed E-state index contributed by atoms with van der Waals surface area (Å²) in [6.45, 7) is 2.26. The molecule has 0 spiro atoms. The summed E-state index contributed by atoms with van der Waals surface area (Å²) >= 11 is 0. The number of hydrogen-bond acceptors (Lipinski definition) is 4. The number of pyridine rings is 1. The number of aromatic amines is 1. The predicted molar refractivity (Wildman–Crippen MR) is 102 cm³/mol. The van der Waals surface area contributed by atoms with E-state index >= 15 is 0 Å². The number of H-pyrrole nitrogens is 1. The summed E-state index contributed by atoms with van der Waals surface area (Å²) in [5.74, 6) is 0.549. The van der Waals surface area contributed by atoms with E-state index in [1.807, 2.05) is 24.3 Å². The Hall–Kier alpha value is -2.86.